The van der Waals surface area contributed by atoms with E-state index in [4.69, 9.17) is 0 Å². The molecule has 0 aromatic heterocycles. The van der Waals surface area contributed by atoms with Gasteiger partial charge in [0.05, 0.1) is 24.9 Å². The Labute approximate surface area is 149 Å². The second-order valence-electron chi connectivity index (χ2n) is 9.49. The molecule has 0 radical (unpaired) electrons. The van der Waals surface area contributed by atoms with Crippen molar-refractivity contribution in [2.24, 2.45) is 22.2 Å². The SMILES string of the molecule is CC1(C)[C@H]2CCC3=C(C(=O)C[C@@](C)(C(O)CO)[C@H]3O)[C@]2(C)CC[C@@H]1O. The van der Waals surface area contributed by atoms with E-state index in [2.05, 4.69) is 20.8 Å². The quantitative estimate of drug-likeness (QED) is 0.605. The molecule has 5 nitrogen and oxygen atoms in total. The minimum absolute atomic E-state index is 0.0188. The summed E-state index contributed by atoms with van der Waals surface area (Å²) in [6.45, 7) is 7.48. The average Bonchev–Trinajstić information content (AvgIpc) is 2.55. The molecule has 3 aliphatic carbocycles. The third-order valence-electron chi connectivity index (χ3n) is 7.77. The van der Waals surface area contributed by atoms with Crippen molar-refractivity contribution in [2.45, 2.75) is 78.1 Å². The summed E-state index contributed by atoms with van der Waals surface area (Å²) in [4.78, 5) is 13.1. The van der Waals surface area contributed by atoms with Crippen molar-refractivity contribution in [1.29, 1.82) is 0 Å². The van der Waals surface area contributed by atoms with Crippen LogP contribution >= 0.6 is 0 Å². The molecule has 0 amide bonds. The molecule has 5 heteroatoms. The number of aliphatic hydroxyl groups excluding tert-OH is 4. The zero-order valence-corrected chi connectivity index (χ0v) is 15.7. The number of hydrogen-bond acceptors (Lipinski definition) is 5. The van der Waals surface area contributed by atoms with Crippen LogP contribution in [0.5, 0.6) is 0 Å². The largest absolute Gasteiger partial charge is 0.394 e. The van der Waals surface area contributed by atoms with E-state index in [0.717, 1.165) is 24.0 Å². The minimum Gasteiger partial charge on any atom is -0.394 e. The van der Waals surface area contributed by atoms with Gasteiger partial charge in [-0.3, -0.25) is 4.79 Å². The van der Waals surface area contributed by atoms with Gasteiger partial charge in [0.15, 0.2) is 5.78 Å². The number of carbonyl (C=O) groups excluding carboxylic acids is 1. The van der Waals surface area contributed by atoms with Crippen LogP contribution in [0.25, 0.3) is 0 Å². The van der Waals surface area contributed by atoms with E-state index < -0.39 is 24.2 Å². The van der Waals surface area contributed by atoms with E-state index in [-0.39, 0.29) is 35.1 Å². The first-order chi connectivity index (χ1) is 11.5. The van der Waals surface area contributed by atoms with Crippen LogP contribution in [-0.2, 0) is 4.79 Å². The molecule has 3 rings (SSSR count). The molecule has 25 heavy (non-hydrogen) atoms. The molecule has 1 saturated carbocycles. The molecular weight excluding hydrogens is 320 g/mol. The Bertz CT molecular complexity index is 609. The summed E-state index contributed by atoms with van der Waals surface area (Å²) in [7, 11) is 0. The van der Waals surface area contributed by atoms with Gasteiger partial charge in [0.25, 0.3) is 0 Å². The fourth-order valence-electron chi connectivity index (χ4n) is 6.03. The van der Waals surface area contributed by atoms with Crippen LogP contribution in [0, 0.1) is 22.2 Å². The van der Waals surface area contributed by atoms with Crippen LogP contribution < -0.4 is 0 Å². The lowest BCUT2D eigenvalue weighted by Gasteiger charge is -2.58. The Morgan fingerprint density at radius 2 is 1.80 bits per heavy atom. The summed E-state index contributed by atoms with van der Waals surface area (Å²) >= 11 is 0. The number of ketones is 1. The lowest BCUT2D eigenvalue weighted by Crippen LogP contribution is -2.58. The lowest BCUT2D eigenvalue weighted by molar-refractivity contribution is -0.138. The Kier molecular flexibility index (Phi) is 4.47. The molecule has 1 unspecified atom stereocenters. The third kappa shape index (κ3) is 2.47. The number of carbonyl (C=O) groups is 1. The van der Waals surface area contributed by atoms with Crippen LogP contribution in [0.1, 0.15) is 59.8 Å². The van der Waals surface area contributed by atoms with E-state index in [1.54, 1.807) is 6.92 Å². The van der Waals surface area contributed by atoms with E-state index in [9.17, 15) is 25.2 Å². The van der Waals surface area contributed by atoms with E-state index in [1.165, 1.54) is 0 Å². The normalized spacial score (nSPS) is 45.0. The molecule has 1 fully saturated rings. The molecule has 0 saturated heterocycles. The van der Waals surface area contributed by atoms with Gasteiger partial charge in [0.2, 0.25) is 0 Å². The Balaban J connectivity index is 2.09. The van der Waals surface area contributed by atoms with Gasteiger partial charge in [-0.25, -0.2) is 0 Å². The zero-order chi connectivity index (χ0) is 18.8. The average molecular weight is 352 g/mol. The molecule has 0 aliphatic heterocycles. The number of allylic oxidation sites excluding steroid dienone is 1. The molecule has 142 valence electrons. The highest BCUT2D eigenvalue weighted by Crippen LogP contribution is 2.62. The van der Waals surface area contributed by atoms with Gasteiger partial charge in [-0.2, -0.15) is 0 Å². The molecule has 0 spiro atoms. The van der Waals surface area contributed by atoms with Crippen LogP contribution in [0.4, 0.5) is 0 Å². The molecule has 0 bridgehead atoms. The van der Waals surface area contributed by atoms with Gasteiger partial charge in [0, 0.05) is 17.4 Å². The summed E-state index contributed by atoms with van der Waals surface area (Å²) < 4.78 is 0. The Hall–Kier alpha value is -0.750. The van der Waals surface area contributed by atoms with Crippen molar-refractivity contribution in [1.82, 2.24) is 0 Å². The number of aliphatic hydroxyl groups is 4. The van der Waals surface area contributed by atoms with Crippen molar-refractivity contribution >= 4 is 5.78 Å². The molecule has 0 aromatic rings. The fourth-order valence-corrected chi connectivity index (χ4v) is 6.03. The molecule has 0 heterocycles. The van der Waals surface area contributed by atoms with Crippen LogP contribution in [0.15, 0.2) is 11.1 Å². The van der Waals surface area contributed by atoms with Crippen molar-refractivity contribution in [3.05, 3.63) is 11.1 Å². The fraction of sp³-hybridized carbons (Fsp3) is 0.850. The summed E-state index contributed by atoms with van der Waals surface area (Å²) in [6, 6.07) is 0. The summed E-state index contributed by atoms with van der Waals surface area (Å²) in [5, 5.41) is 41.1. The third-order valence-corrected chi connectivity index (χ3v) is 7.77. The van der Waals surface area contributed by atoms with Gasteiger partial charge in [-0.05, 0) is 48.0 Å². The minimum atomic E-state index is -1.13. The second-order valence-corrected chi connectivity index (χ2v) is 9.49. The van der Waals surface area contributed by atoms with Crippen molar-refractivity contribution in [2.75, 3.05) is 6.61 Å². The first-order valence-electron chi connectivity index (χ1n) is 9.42. The molecule has 0 aromatic carbocycles. The van der Waals surface area contributed by atoms with E-state index in [0.29, 0.717) is 12.8 Å². The molecule has 4 N–H and O–H groups in total. The summed E-state index contributed by atoms with van der Waals surface area (Å²) in [6.07, 6.45) is 0.417. The lowest BCUT2D eigenvalue weighted by atomic mass is 9.46. The maximum atomic E-state index is 13.1. The van der Waals surface area contributed by atoms with Crippen LogP contribution in [0.3, 0.4) is 0 Å². The Morgan fingerprint density at radius 3 is 2.40 bits per heavy atom. The van der Waals surface area contributed by atoms with Crippen molar-refractivity contribution in [3.8, 4) is 0 Å². The number of hydrogen-bond donors (Lipinski definition) is 4. The Morgan fingerprint density at radius 1 is 1.16 bits per heavy atom. The topological polar surface area (TPSA) is 98.0 Å². The monoisotopic (exact) mass is 352 g/mol. The highest BCUT2D eigenvalue weighted by atomic mass is 16.3. The number of Topliss-reactive ketones (excluding diaryl/α,β-unsaturated/α-hetero) is 1. The maximum Gasteiger partial charge on any atom is 0.160 e. The first-order valence-corrected chi connectivity index (χ1v) is 9.42. The second kappa shape index (κ2) is 5.88. The first kappa shape index (κ1) is 19.0. The number of fused-ring (bicyclic) bond motifs is 2. The zero-order valence-electron chi connectivity index (χ0n) is 15.7. The van der Waals surface area contributed by atoms with Gasteiger partial charge < -0.3 is 20.4 Å². The van der Waals surface area contributed by atoms with Crippen LogP contribution in [-0.4, -0.2) is 51.1 Å². The maximum absolute atomic E-state index is 13.1. The smallest absolute Gasteiger partial charge is 0.160 e. The molecule has 6 atom stereocenters. The van der Waals surface area contributed by atoms with Gasteiger partial charge >= 0.3 is 0 Å². The van der Waals surface area contributed by atoms with Gasteiger partial charge in [-0.1, -0.05) is 27.7 Å². The van der Waals surface area contributed by atoms with E-state index >= 15 is 0 Å². The van der Waals surface area contributed by atoms with Crippen LogP contribution in [0.2, 0.25) is 0 Å². The van der Waals surface area contributed by atoms with Crippen molar-refractivity contribution in [3.63, 3.8) is 0 Å². The van der Waals surface area contributed by atoms with E-state index in [1.807, 2.05) is 0 Å². The molecular formula is C20H32O5. The summed E-state index contributed by atoms with van der Waals surface area (Å²) in [5.74, 6) is 0.167. The highest BCUT2D eigenvalue weighted by Gasteiger charge is 2.59. The number of rotatable bonds is 2. The highest BCUT2D eigenvalue weighted by molar-refractivity contribution is 5.99. The standard InChI is InChI=1S/C20H32O5/c1-18(2)13-6-5-11-16(19(13,3)8-7-14(18)23)12(22)9-20(4,17(11)25)15(24)10-21/h13-15,17,21,23-25H,5-10H2,1-4H3/t13-,14+,15?,17+,19-,20+/m1/s1. The summed E-state index contributed by atoms with van der Waals surface area (Å²) in [5.41, 5.74) is -0.185. The predicted octanol–water partition coefficient (Wildman–Crippen LogP) is 1.57. The molecule has 3 aliphatic rings. The predicted molar refractivity (Wildman–Crippen MR) is 93.7 cm³/mol. The van der Waals surface area contributed by atoms with Gasteiger partial charge in [0.1, 0.15) is 0 Å². The van der Waals surface area contributed by atoms with Gasteiger partial charge in [-0.15, -0.1) is 0 Å². The van der Waals surface area contributed by atoms with Crippen molar-refractivity contribution < 1.29 is 25.2 Å².